The molecule has 0 fully saturated rings. The number of aromatic nitrogens is 2. The number of rotatable bonds is 9. The van der Waals surface area contributed by atoms with Crippen molar-refractivity contribution in [3.63, 3.8) is 0 Å². The van der Waals surface area contributed by atoms with Crippen LogP contribution >= 0.6 is 11.6 Å². The van der Waals surface area contributed by atoms with Gasteiger partial charge in [0.05, 0.1) is 11.4 Å². The minimum atomic E-state index is -0.304. The van der Waals surface area contributed by atoms with E-state index >= 15 is 0 Å². The zero-order valence-electron chi connectivity index (χ0n) is 22.6. The van der Waals surface area contributed by atoms with E-state index in [9.17, 15) is 9.59 Å². The molecule has 1 heterocycles. The Morgan fingerprint density at radius 2 is 1.68 bits per heavy atom. The molecule has 2 aromatic carbocycles. The number of anilines is 2. The number of aryl methyl sites for hydroxylation is 1. The minimum Gasteiger partial charge on any atom is -0.315 e. The van der Waals surface area contributed by atoms with E-state index < -0.39 is 0 Å². The number of hydrogen-bond donors (Lipinski definition) is 2. The Morgan fingerprint density at radius 1 is 1.03 bits per heavy atom. The van der Waals surface area contributed by atoms with Crippen molar-refractivity contribution in [2.24, 2.45) is 5.92 Å². The molecule has 0 unspecified atom stereocenters. The van der Waals surface area contributed by atoms with Crippen molar-refractivity contribution in [2.45, 2.75) is 59.8 Å². The van der Waals surface area contributed by atoms with Crippen molar-refractivity contribution in [1.29, 1.82) is 0 Å². The molecule has 37 heavy (non-hydrogen) atoms. The average molecular weight is 524 g/mol. The summed E-state index contributed by atoms with van der Waals surface area (Å²) >= 11 is 6.07. The molecule has 0 atom stereocenters. The molecule has 0 aliphatic carbocycles. The summed E-state index contributed by atoms with van der Waals surface area (Å²) in [5.41, 5.74) is 3.30. The molecule has 2 N–H and O–H groups in total. The van der Waals surface area contributed by atoms with Crippen molar-refractivity contribution in [3.05, 3.63) is 70.9 Å². The second kappa shape index (κ2) is 12.3. The van der Waals surface area contributed by atoms with Gasteiger partial charge in [0.25, 0.3) is 0 Å². The number of benzene rings is 2. The molecule has 0 radical (unpaired) electrons. The van der Waals surface area contributed by atoms with E-state index in [1.807, 2.05) is 42.5 Å². The van der Waals surface area contributed by atoms with Crippen LogP contribution < -0.4 is 10.6 Å². The van der Waals surface area contributed by atoms with Crippen LogP contribution in [0.25, 0.3) is 5.69 Å². The molecular weight excluding hydrogens is 486 g/mol. The molecule has 0 spiro atoms. The summed E-state index contributed by atoms with van der Waals surface area (Å²) in [7, 11) is 0. The van der Waals surface area contributed by atoms with E-state index in [4.69, 9.17) is 16.7 Å². The van der Waals surface area contributed by atoms with Gasteiger partial charge in [-0.1, -0.05) is 65.3 Å². The maximum absolute atomic E-state index is 13.2. The highest BCUT2D eigenvalue weighted by molar-refractivity contribution is 6.30. The number of hydrogen-bond acceptors (Lipinski definition) is 3. The van der Waals surface area contributed by atoms with Crippen LogP contribution in [0.4, 0.5) is 16.3 Å². The normalized spacial score (nSPS) is 11.5. The summed E-state index contributed by atoms with van der Waals surface area (Å²) in [5.74, 6) is 0.635. The zero-order chi connectivity index (χ0) is 27.2. The van der Waals surface area contributed by atoms with E-state index in [1.165, 1.54) is 5.56 Å². The van der Waals surface area contributed by atoms with Gasteiger partial charge in [0.2, 0.25) is 5.91 Å². The molecule has 0 bridgehead atoms. The fraction of sp³-hybridized carbons (Fsp3) is 0.414. The number of amides is 3. The maximum Gasteiger partial charge on any atom is 0.322 e. The van der Waals surface area contributed by atoms with Crippen LogP contribution in [0.5, 0.6) is 0 Å². The number of urea groups is 1. The van der Waals surface area contributed by atoms with Crippen molar-refractivity contribution in [2.75, 3.05) is 23.7 Å². The Bertz CT molecular complexity index is 1190. The van der Waals surface area contributed by atoms with Gasteiger partial charge >= 0.3 is 6.03 Å². The van der Waals surface area contributed by atoms with Crippen molar-refractivity contribution < 1.29 is 9.59 Å². The van der Waals surface area contributed by atoms with Crippen molar-refractivity contribution >= 4 is 35.0 Å². The van der Waals surface area contributed by atoms with Gasteiger partial charge in [-0.25, -0.2) is 9.48 Å². The van der Waals surface area contributed by atoms with Gasteiger partial charge in [-0.2, -0.15) is 5.10 Å². The van der Waals surface area contributed by atoms with E-state index in [1.54, 1.807) is 21.7 Å². The third-order valence-corrected chi connectivity index (χ3v) is 6.28. The largest absolute Gasteiger partial charge is 0.322 e. The molecule has 1 aromatic heterocycles. The topological polar surface area (TPSA) is 79.3 Å². The number of nitrogens with zero attached hydrogens (tertiary/aromatic N) is 3. The minimum absolute atomic E-state index is 0.0811. The first-order valence-electron chi connectivity index (χ1n) is 12.8. The van der Waals surface area contributed by atoms with E-state index in [-0.39, 0.29) is 23.9 Å². The second-order valence-electron chi connectivity index (χ2n) is 10.7. The molecule has 7 nitrogen and oxygen atoms in total. The summed E-state index contributed by atoms with van der Waals surface area (Å²) in [4.78, 5) is 27.9. The number of carbonyl (C=O) groups excluding carboxylic acids is 2. The number of carbonyl (C=O) groups is 2. The van der Waals surface area contributed by atoms with Crippen LogP contribution in [-0.4, -0.2) is 39.7 Å². The van der Waals surface area contributed by atoms with Gasteiger partial charge in [-0.3, -0.25) is 4.79 Å². The molecule has 3 rings (SSSR count). The summed E-state index contributed by atoms with van der Waals surface area (Å²) in [6, 6.07) is 16.6. The molecular formula is C29H38ClN5O2. The maximum atomic E-state index is 13.2. The summed E-state index contributed by atoms with van der Waals surface area (Å²) < 4.78 is 1.70. The first-order valence-corrected chi connectivity index (χ1v) is 13.1. The number of halogens is 1. The SMILES string of the molecule is CCc1ccc(NC(=O)N(CCC(C)C)CC(=O)Nc2cc(C(C)(C)C)nn2-c2ccc(Cl)cc2)cc1. The first kappa shape index (κ1) is 28.3. The number of nitrogens with one attached hydrogen (secondary N) is 2. The molecule has 0 aliphatic rings. The quantitative estimate of drug-likeness (QED) is 0.320. The van der Waals surface area contributed by atoms with Crippen molar-refractivity contribution in [1.82, 2.24) is 14.7 Å². The lowest BCUT2D eigenvalue weighted by atomic mass is 9.92. The van der Waals surface area contributed by atoms with Gasteiger partial charge in [-0.15, -0.1) is 0 Å². The third kappa shape index (κ3) is 8.09. The van der Waals surface area contributed by atoms with Crippen LogP contribution in [0.15, 0.2) is 54.6 Å². The van der Waals surface area contributed by atoms with Crippen LogP contribution in [0, 0.1) is 5.92 Å². The fourth-order valence-corrected chi connectivity index (χ4v) is 3.79. The van der Waals surface area contributed by atoms with Crippen LogP contribution in [0.1, 0.15) is 59.2 Å². The molecule has 3 aromatic rings. The highest BCUT2D eigenvalue weighted by Gasteiger charge is 2.23. The molecule has 0 aliphatic heterocycles. The zero-order valence-corrected chi connectivity index (χ0v) is 23.4. The standard InChI is InChI=1S/C29H38ClN5O2/c1-7-21-8-12-23(13-9-21)31-28(37)34(17-16-20(2)3)19-27(36)32-26-18-25(29(4,5)6)33-35(26)24-14-10-22(30)11-15-24/h8-15,18,20H,7,16-17,19H2,1-6H3,(H,31,37)(H,32,36). The second-order valence-corrected chi connectivity index (χ2v) is 11.1. The Morgan fingerprint density at radius 3 is 2.24 bits per heavy atom. The van der Waals surface area contributed by atoms with E-state index in [0.717, 1.165) is 24.2 Å². The molecule has 8 heteroatoms. The van der Waals surface area contributed by atoms with Gasteiger partial charge in [0.1, 0.15) is 12.4 Å². The van der Waals surface area contributed by atoms with Gasteiger partial charge in [-0.05, 0) is 60.7 Å². The highest BCUT2D eigenvalue weighted by Crippen LogP contribution is 2.27. The monoisotopic (exact) mass is 523 g/mol. The Labute approximate surface area is 225 Å². The molecule has 198 valence electrons. The summed E-state index contributed by atoms with van der Waals surface area (Å²) in [6.07, 6.45) is 1.71. The lowest BCUT2D eigenvalue weighted by molar-refractivity contribution is -0.116. The van der Waals surface area contributed by atoms with Gasteiger partial charge in [0.15, 0.2) is 0 Å². The van der Waals surface area contributed by atoms with E-state index in [0.29, 0.717) is 29.0 Å². The Hall–Kier alpha value is -3.32. The van der Waals surface area contributed by atoms with Crippen LogP contribution in [0.2, 0.25) is 5.02 Å². The predicted molar refractivity (Wildman–Crippen MR) is 152 cm³/mol. The van der Waals surface area contributed by atoms with Crippen LogP contribution in [0.3, 0.4) is 0 Å². The smallest absolute Gasteiger partial charge is 0.315 e. The predicted octanol–water partition coefficient (Wildman–Crippen LogP) is 6.90. The lowest BCUT2D eigenvalue weighted by Gasteiger charge is -2.23. The molecule has 3 amide bonds. The highest BCUT2D eigenvalue weighted by atomic mass is 35.5. The molecule has 0 saturated heterocycles. The summed E-state index contributed by atoms with van der Waals surface area (Å²) in [5, 5.41) is 11.3. The Balaban J connectivity index is 1.79. The lowest BCUT2D eigenvalue weighted by Crippen LogP contribution is -2.41. The van der Waals surface area contributed by atoms with Crippen molar-refractivity contribution in [3.8, 4) is 5.69 Å². The first-order chi connectivity index (χ1) is 17.5. The van der Waals surface area contributed by atoms with Gasteiger partial charge in [0, 0.05) is 28.7 Å². The summed E-state index contributed by atoms with van der Waals surface area (Å²) in [6.45, 7) is 12.9. The van der Waals surface area contributed by atoms with Crippen LogP contribution in [-0.2, 0) is 16.6 Å². The molecule has 0 saturated carbocycles. The Kier molecular flexibility index (Phi) is 9.38. The third-order valence-electron chi connectivity index (χ3n) is 6.03. The van der Waals surface area contributed by atoms with E-state index in [2.05, 4.69) is 52.2 Å². The average Bonchev–Trinajstić information content (AvgIpc) is 3.26. The van der Waals surface area contributed by atoms with Gasteiger partial charge < -0.3 is 15.5 Å². The fourth-order valence-electron chi connectivity index (χ4n) is 3.66.